The first-order valence-electron chi connectivity index (χ1n) is 8.24. The number of ether oxygens (including phenoxy) is 2. The fourth-order valence-corrected chi connectivity index (χ4v) is 4.30. The summed E-state index contributed by atoms with van der Waals surface area (Å²) in [5.41, 5.74) is 1.76. The predicted octanol–water partition coefficient (Wildman–Crippen LogP) is 3.51. The Balaban J connectivity index is 1.52. The molecule has 2 aliphatic heterocycles. The molecule has 1 aromatic carbocycles. The number of piperidine rings is 1. The molecule has 0 radical (unpaired) electrons. The van der Waals surface area contributed by atoms with Crippen LogP contribution in [0.15, 0.2) is 18.2 Å². The number of hydrogen-bond acceptors (Lipinski definition) is 5. The van der Waals surface area contributed by atoms with E-state index in [-0.39, 0.29) is 12.7 Å². The predicted molar refractivity (Wildman–Crippen MR) is 92.0 cm³/mol. The molecule has 4 rings (SSSR count). The average Bonchev–Trinajstić information content (AvgIpc) is 3.20. The second-order valence-electron chi connectivity index (χ2n) is 6.35. The highest BCUT2D eigenvalue weighted by Crippen LogP contribution is 2.34. The van der Waals surface area contributed by atoms with Crippen LogP contribution in [0.1, 0.15) is 44.7 Å². The molecular weight excluding hydrogens is 324 g/mol. The second-order valence-corrected chi connectivity index (χ2v) is 7.59. The van der Waals surface area contributed by atoms with Crippen molar-refractivity contribution < 1.29 is 14.3 Å². The molecule has 0 N–H and O–H groups in total. The molecule has 0 bridgehead atoms. The maximum absolute atomic E-state index is 12.9. The highest BCUT2D eigenvalue weighted by atomic mass is 32.1. The average molecular weight is 344 g/mol. The van der Waals surface area contributed by atoms with E-state index in [1.807, 2.05) is 24.0 Å². The van der Waals surface area contributed by atoms with Gasteiger partial charge in [0.2, 0.25) is 6.79 Å². The molecule has 1 aromatic heterocycles. The molecule has 0 saturated carbocycles. The van der Waals surface area contributed by atoms with Gasteiger partial charge in [-0.15, -0.1) is 11.3 Å². The van der Waals surface area contributed by atoms with Gasteiger partial charge in [-0.2, -0.15) is 0 Å². The van der Waals surface area contributed by atoms with E-state index in [9.17, 15) is 4.79 Å². The van der Waals surface area contributed by atoms with Gasteiger partial charge in [0.05, 0.1) is 10.7 Å². The zero-order chi connectivity index (χ0) is 16.7. The van der Waals surface area contributed by atoms with Crippen LogP contribution in [0.2, 0.25) is 0 Å². The summed E-state index contributed by atoms with van der Waals surface area (Å²) in [6, 6.07) is 5.41. The van der Waals surface area contributed by atoms with Gasteiger partial charge in [-0.25, -0.2) is 4.98 Å². The fourth-order valence-electron chi connectivity index (χ4n) is 3.25. The lowest BCUT2D eigenvalue weighted by Gasteiger charge is -2.32. The van der Waals surface area contributed by atoms with Crippen molar-refractivity contribution in [2.24, 2.45) is 0 Å². The molecule has 2 aliphatic rings. The third kappa shape index (κ3) is 2.75. The lowest BCUT2D eigenvalue weighted by Crippen LogP contribution is -2.39. The SMILES string of the molecule is Cc1nc(C2CCCN(C(=O)c3ccc4c(c3)OCO4)C2)sc1C. The van der Waals surface area contributed by atoms with Crippen LogP contribution >= 0.6 is 11.3 Å². The van der Waals surface area contributed by atoms with E-state index in [0.717, 1.165) is 36.6 Å². The Morgan fingerprint density at radius 3 is 2.92 bits per heavy atom. The molecule has 1 saturated heterocycles. The van der Waals surface area contributed by atoms with Gasteiger partial charge in [0, 0.05) is 29.4 Å². The third-order valence-electron chi connectivity index (χ3n) is 4.72. The van der Waals surface area contributed by atoms with Crippen LogP contribution in [0.5, 0.6) is 11.5 Å². The lowest BCUT2D eigenvalue weighted by atomic mass is 9.98. The minimum Gasteiger partial charge on any atom is -0.454 e. The number of nitrogens with zero attached hydrogens (tertiary/aromatic N) is 2. The molecule has 5 nitrogen and oxygen atoms in total. The van der Waals surface area contributed by atoms with Crippen LogP contribution in [0.25, 0.3) is 0 Å². The minimum absolute atomic E-state index is 0.0583. The zero-order valence-electron chi connectivity index (χ0n) is 13.9. The van der Waals surface area contributed by atoms with Crippen molar-refractivity contribution in [2.75, 3.05) is 19.9 Å². The van der Waals surface area contributed by atoms with Gasteiger partial charge in [-0.3, -0.25) is 4.79 Å². The molecule has 3 heterocycles. The van der Waals surface area contributed by atoms with Crippen LogP contribution in [0.3, 0.4) is 0 Å². The van der Waals surface area contributed by atoms with Crippen molar-refractivity contribution in [3.8, 4) is 11.5 Å². The normalized spacial score (nSPS) is 19.6. The summed E-state index contributed by atoms with van der Waals surface area (Å²) in [6.45, 7) is 5.91. The van der Waals surface area contributed by atoms with E-state index in [0.29, 0.717) is 23.0 Å². The Morgan fingerprint density at radius 1 is 1.29 bits per heavy atom. The number of carbonyl (C=O) groups is 1. The van der Waals surface area contributed by atoms with E-state index in [1.54, 1.807) is 17.4 Å². The van der Waals surface area contributed by atoms with Crippen molar-refractivity contribution >= 4 is 17.2 Å². The van der Waals surface area contributed by atoms with Gasteiger partial charge < -0.3 is 14.4 Å². The van der Waals surface area contributed by atoms with Crippen molar-refractivity contribution in [1.82, 2.24) is 9.88 Å². The molecule has 6 heteroatoms. The summed E-state index contributed by atoms with van der Waals surface area (Å²) in [5, 5.41) is 1.16. The van der Waals surface area contributed by atoms with E-state index >= 15 is 0 Å². The van der Waals surface area contributed by atoms with Crippen molar-refractivity contribution in [3.05, 3.63) is 39.3 Å². The third-order valence-corrected chi connectivity index (χ3v) is 5.96. The number of fused-ring (bicyclic) bond motifs is 1. The standard InChI is InChI=1S/C18H20N2O3S/c1-11-12(2)24-17(19-11)14-4-3-7-20(9-14)18(21)13-5-6-15-16(8-13)23-10-22-15/h5-6,8,14H,3-4,7,9-10H2,1-2H3. The topological polar surface area (TPSA) is 51.7 Å². The number of likely N-dealkylation sites (tertiary alicyclic amines) is 1. The Labute approximate surface area is 145 Å². The van der Waals surface area contributed by atoms with Gasteiger partial charge in [-0.05, 0) is 44.9 Å². The highest BCUT2D eigenvalue weighted by molar-refractivity contribution is 7.11. The van der Waals surface area contributed by atoms with Gasteiger partial charge in [0.25, 0.3) is 5.91 Å². The quantitative estimate of drug-likeness (QED) is 0.836. The van der Waals surface area contributed by atoms with Crippen molar-refractivity contribution in [2.45, 2.75) is 32.6 Å². The Morgan fingerprint density at radius 2 is 2.12 bits per heavy atom. The molecule has 1 atom stereocenters. The fraction of sp³-hybridized carbons (Fsp3) is 0.444. The molecule has 0 spiro atoms. The molecule has 2 aromatic rings. The number of rotatable bonds is 2. The molecular formula is C18H20N2O3S. The first kappa shape index (κ1) is 15.4. The van der Waals surface area contributed by atoms with Crippen LogP contribution in [-0.4, -0.2) is 35.7 Å². The summed E-state index contributed by atoms with van der Waals surface area (Å²) in [4.78, 5) is 20.8. The summed E-state index contributed by atoms with van der Waals surface area (Å²) in [7, 11) is 0. The summed E-state index contributed by atoms with van der Waals surface area (Å²) < 4.78 is 10.7. The molecule has 1 unspecified atom stereocenters. The number of amides is 1. The van der Waals surface area contributed by atoms with Gasteiger partial charge in [-0.1, -0.05) is 0 Å². The van der Waals surface area contributed by atoms with Crippen LogP contribution in [0, 0.1) is 13.8 Å². The number of aryl methyl sites for hydroxylation is 2. The molecule has 126 valence electrons. The Kier molecular flexibility index (Phi) is 3.92. The van der Waals surface area contributed by atoms with Crippen molar-refractivity contribution in [1.29, 1.82) is 0 Å². The number of benzene rings is 1. The van der Waals surface area contributed by atoms with E-state index in [1.165, 1.54) is 4.88 Å². The van der Waals surface area contributed by atoms with Gasteiger partial charge >= 0.3 is 0 Å². The largest absolute Gasteiger partial charge is 0.454 e. The van der Waals surface area contributed by atoms with Crippen LogP contribution in [0.4, 0.5) is 0 Å². The van der Waals surface area contributed by atoms with Gasteiger partial charge in [0.15, 0.2) is 11.5 Å². The first-order valence-corrected chi connectivity index (χ1v) is 9.06. The van der Waals surface area contributed by atoms with E-state index in [4.69, 9.17) is 14.5 Å². The molecule has 1 fully saturated rings. The summed E-state index contributed by atoms with van der Waals surface area (Å²) >= 11 is 1.76. The minimum atomic E-state index is 0.0583. The van der Waals surface area contributed by atoms with E-state index < -0.39 is 0 Å². The van der Waals surface area contributed by atoms with Crippen molar-refractivity contribution in [3.63, 3.8) is 0 Å². The molecule has 1 amide bonds. The summed E-state index contributed by atoms with van der Waals surface area (Å²) in [6.07, 6.45) is 2.11. The molecule has 0 aliphatic carbocycles. The number of carbonyl (C=O) groups excluding carboxylic acids is 1. The first-order chi connectivity index (χ1) is 11.6. The maximum Gasteiger partial charge on any atom is 0.254 e. The maximum atomic E-state index is 12.9. The lowest BCUT2D eigenvalue weighted by molar-refractivity contribution is 0.0706. The molecule has 24 heavy (non-hydrogen) atoms. The Bertz CT molecular complexity index is 767. The number of aromatic nitrogens is 1. The number of hydrogen-bond donors (Lipinski definition) is 0. The number of thiazole rings is 1. The van der Waals surface area contributed by atoms with Crippen LogP contribution in [-0.2, 0) is 0 Å². The highest BCUT2D eigenvalue weighted by Gasteiger charge is 2.28. The Hall–Kier alpha value is -2.08. The van der Waals surface area contributed by atoms with Crippen LogP contribution < -0.4 is 9.47 Å². The monoisotopic (exact) mass is 344 g/mol. The second kappa shape index (κ2) is 6.09. The summed E-state index contributed by atoms with van der Waals surface area (Å²) in [5.74, 6) is 1.76. The zero-order valence-corrected chi connectivity index (χ0v) is 14.7. The van der Waals surface area contributed by atoms with Gasteiger partial charge in [0.1, 0.15) is 0 Å². The smallest absolute Gasteiger partial charge is 0.254 e. The van der Waals surface area contributed by atoms with E-state index in [2.05, 4.69) is 6.92 Å².